The lowest BCUT2D eigenvalue weighted by Gasteiger charge is -2.20. The number of rotatable bonds is 9. The summed E-state index contributed by atoms with van der Waals surface area (Å²) < 4.78 is 18.8. The Morgan fingerprint density at radius 2 is 2.00 bits per heavy atom. The number of likely N-dealkylation sites (N-methyl/N-ethyl adjacent to an activating group) is 1. The summed E-state index contributed by atoms with van der Waals surface area (Å²) >= 11 is 11.7. The van der Waals surface area contributed by atoms with Crippen LogP contribution in [0.3, 0.4) is 0 Å². The third kappa shape index (κ3) is 7.44. The number of aliphatic hydroxyl groups excluding tert-OH is 1. The summed E-state index contributed by atoms with van der Waals surface area (Å²) in [6.07, 6.45) is -0.806. The predicted octanol–water partition coefficient (Wildman–Crippen LogP) is 3.58. The van der Waals surface area contributed by atoms with Crippen molar-refractivity contribution < 1.29 is 19.0 Å². The Morgan fingerprint density at radius 1 is 1.26 bits per heavy atom. The second kappa shape index (κ2) is 10.6. The van der Waals surface area contributed by atoms with Gasteiger partial charge in [-0.25, -0.2) is 4.39 Å². The SMILES string of the molecule is CN(CC(=O)Nc1ccc(Cl)c(Cl)c1)CC(O)COCc1ccccc1F. The van der Waals surface area contributed by atoms with Crippen LogP contribution in [0, 0.1) is 5.82 Å². The van der Waals surface area contributed by atoms with Gasteiger partial charge in [-0.1, -0.05) is 41.4 Å². The smallest absolute Gasteiger partial charge is 0.238 e. The van der Waals surface area contributed by atoms with Gasteiger partial charge < -0.3 is 15.2 Å². The van der Waals surface area contributed by atoms with Crippen molar-refractivity contribution in [2.45, 2.75) is 12.7 Å². The normalized spacial score (nSPS) is 12.2. The average molecular weight is 415 g/mol. The van der Waals surface area contributed by atoms with Crippen LogP contribution in [0.4, 0.5) is 10.1 Å². The highest BCUT2D eigenvalue weighted by Gasteiger charge is 2.13. The summed E-state index contributed by atoms with van der Waals surface area (Å²) in [6, 6.07) is 11.1. The summed E-state index contributed by atoms with van der Waals surface area (Å²) in [5, 5.41) is 13.5. The Balaban J connectivity index is 1.70. The van der Waals surface area contributed by atoms with Gasteiger partial charge in [-0.15, -0.1) is 0 Å². The number of halogens is 3. The standard InChI is InChI=1S/C19H21Cl2FN2O3/c1-24(10-19(26)23-14-6-7-16(20)17(21)8-14)9-15(25)12-27-11-13-4-2-3-5-18(13)22/h2-8,15,25H,9-12H2,1H3,(H,23,26). The van der Waals surface area contributed by atoms with E-state index in [1.165, 1.54) is 6.07 Å². The maximum Gasteiger partial charge on any atom is 0.238 e. The van der Waals surface area contributed by atoms with Gasteiger partial charge in [-0.3, -0.25) is 9.69 Å². The molecule has 0 aliphatic heterocycles. The second-order valence-corrected chi connectivity index (χ2v) is 6.95. The maximum absolute atomic E-state index is 13.5. The second-order valence-electron chi connectivity index (χ2n) is 6.13. The number of nitrogens with zero attached hydrogens (tertiary/aromatic N) is 1. The van der Waals surface area contributed by atoms with E-state index in [-0.39, 0.29) is 38.0 Å². The number of hydrogen-bond acceptors (Lipinski definition) is 4. The van der Waals surface area contributed by atoms with Crippen LogP contribution >= 0.6 is 23.2 Å². The number of anilines is 1. The summed E-state index contributed by atoms with van der Waals surface area (Å²) in [5.41, 5.74) is 0.968. The molecule has 1 amide bonds. The van der Waals surface area contributed by atoms with Crippen LogP contribution < -0.4 is 5.32 Å². The first-order chi connectivity index (χ1) is 12.8. The molecule has 0 radical (unpaired) electrons. The molecule has 2 N–H and O–H groups in total. The first-order valence-electron chi connectivity index (χ1n) is 8.28. The van der Waals surface area contributed by atoms with E-state index in [0.717, 1.165) is 0 Å². The minimum absolute atomic E-state index is 0.0348. The monoisotopic (exact) mass is 414 g/mol. The van der Waals surface area contributed by atoms with Crippen molar-refractivity contribution in [2.75, 3.05) is 32.1 Å². The molecule has 1 unspecified atom stereocenters. The molecule has 0 bridgehead atoms. The van der Waals surface area contributed by atoms with Crippen molar-refractivity contribution in [3.63, 3.8) is 0 Å². The van der Waals surface area contributed by atoms with Gasteiger partial charge in [0.2, 0.25) is 5.91 Å². The Morgan fingerprint density at radius 3 is 2.70 bits per heavy atom. The first kappa shape index (κ1) is 21.6. The number of amides is 1. The average Bonchev–Trinajstić information content (AvgIpc) is 2.59. The first-order valence-corrected chi connectivity index (χ1v) is 9.03. The molecule has 5 nitrogen and oxygen atoms in total. The third-order valence-corrected chi connectivity index (χ3v) is 4.40. The number of aliphatic hydroxyl groups is 1. The van der Waals surface area contributed by atoms with Gasteiger partial charge in [0.05, 0.1) is 35.9 Å². The summed E-state index contributed by atoms with van der Waals surface area (Å²) in [4.78, 5) is 13.7. The van der Waals surface area contributed by atoms with Gasteiger partial charge >= 0.3 is 0 Å². The fraction of sp³-hybridized carbons (Fsp3) is 0.316. The molecule has 2 aromatic rings. The molecule has 1 atom stereocenters. The molecule has 0 saturated carbocycles. The topological polar surface area (TPSA) is 61.8 Å². The molecule has 0 fully saturated rings. The van der Waals surface area contributed by atoms with Gasteiger partial charge in [-0.05, 0) is 31.3 Å². The van der Waals surface area contributed by atoms with Crippen molar-refractivity contribution in [2.24, 2.45) is 0 Å². The summed E-state index contributed by atoms with van der Waals surface area (Å²) in [6.45, 7) is 0.412. The number of hydrogen-bond donors (Lipinski definition) is 2. The van der Waals surface area contributed by atoms with E-state index in [4.69, 9.17) is 27.9 Å². The van der Waals surface area contributed by atoms with Crippen molar-refractivity contribution in [3.8, 4) is 0 Å². The minimum atomic E-state index is -0.806. The highest BCUT2D eigenvalue weighted by molar-refractivity contribution is 6.42. The number of benzene rings is 2. The van der Waals surface area contributed by atoms with Crippen LogP contribution in [0.15, 0.2) is 42.5 Å². The molecular formula is C19H21Cl2FN2O3. The molecule has 8 heteroatoms. The Labute approximate surface area is 167 Å². The Kier molecular flexibility index (Phi) is 8.47. The zero-order valence-electron chi connectivity index (χ0n) is 14.8. The van der Waals surface area contributed by atoms with E-state index in [0.29, 0.717) is 21.3 Å². The van der Waals surface area contributed by atoms with E-state index in [1.54, 1.807) is 48.3 Å². The number of carbonyl (C=O) groups excluding carboxylic acids is 1. The van der Waals surface area contributed by atoms with Crippen molar-refractivity contribution in [1.82, 2.24) is 4.90 Å². The van der Waals surface area contributed by atoms with Crippen molar-refractivity contribution in [1.29, 1.82) is 0 Å². The molecule has 2 rings (SSSR count). The number of carbonyl (C=O) groups is 1. The van der Waals surface area contributed by atoms with Crippen LogP contribution in [0.2, 0.25) is 10.0 Å². The van der Waals surface area contributed by atoms with Gasteiger partial charge in [0.25, 0.3) is 0 Å². The van der Waals surface area contributed by atoms with Gasteiger partial charge in [0.1, 0.15) is 5.82 Å². The molecule has 0 spiro atoms. The molecule has 0 heterocycles. The highest BCUT2D eigenvalue weighted by Crippen LogP contribution is 2.24. The summed E-state index contributed by atoms with van der Waals surface area (Å²) in [7, 11) is 1.70. The van der Waals surface area contributed by atoms with E-state index < -0.39 is 6.10 Å². The van der Waals surface area contributed by atoms with E-state index in [2.05, 4.69) is 5.32 Å². The van der Waals surface area contributed by atoms with E-state index in [1.807, 2.05) is 0 Å². The van der Waals surface area contributed by atoms with Crippen LogP contribution in [0.25, 0.3) is 0 Å². The van der Waals surface area contributed by atoms with Crippen LogP contribution in [-0.4, -0.2) is 48.8 Å². The zero-order chi connectivity index (χ0) is 19.8. The van der Waals surface area contributed by atoms with Crippen LogP contribution in [-0.2, 0) is 16.1 Å². The maximum atomic E-state index is 13.5. The van der Waals surface area contributed by atoms with Crippen LogP contribution in [0.5, 0.6) is 0 Å². The zero-order valence-corrected chi connectivity index (χ0v) is 16.3. The van der Waals surface area contributed by atoms with Gasteiger partial charge in [0, 0.05) is 17.8 Å². The Hall–Kier alpha value is -1.70. The van der Waals surface area contributed by atoms with Crippen LogP contribution in [0.1, 0.15) is 5.56 Å². The molecule has 27 heavy (non-hydrogen) atoms. The number of ether oxygens (including phenoxy) is 1. The lowest BCUT2D eigenvalue weighted by atomic mass is 10.2. The molecule has 0 aromatic heterocycles. The highest BCUT2D eigenvalue weighted by atomic mass is 35.5. The third-order valence-electron chi connectivity index (χ3n) is 3.66. The molecule has 2 aromatic carbocycles. The summed E-state index contributed by atoms with van der Waals surface area (Å²) in [5.74, 6) is -0.599. The fourth-order valence-electron chi connectivity index (χ4n) is 2.42. The minimum Gasteiger partial charge on any atom is -0.389 e. The molecular weight excluding hydrogens is 394 g/mol. The quantitative estimate of drug-likeness (QED) is 0.658. The molecule has 0 aliphatic carbocycles. The van der Waals surface area contributed by atoms with Gasteiger partial charge in [-0.2, -0.15) is 0 Å². The molecule has 0 aliphatic rings. The van der Waals surface area contributed by atoms with E-state index >= 15 is 0 Å². The molecule has 0 saturated heterocycles. The van der Waals surface area contributed by atoms with Crippen molar-refractivity contribution in [3.05, 3.63) is 63.9 Å². The molecule has 146 valence electrons. The largest absolute Gasteiger partial charge is 0.389 e. The van der Waals surface area contributed by atoms with E-state index in [9.17, 15) is 14.3 Å². The lowest BCUT2D eigenvalue weighted by molar-refractivity contribution is -0.117. The lowest BCUT2D eigenvalue weighted by Crippen LogP contribution is -2.37. The van der Waals surface area contributed by atoms with Gasteiger partial charge in [0.15, 0.2) is 0 Å². The van der Waals surface area contributed by atoms with Crippen molar-refractivity contribution >= 4 is 34.8 Å². The fourth-order valence-corrected chi connectivity index (χ4v) is 2.72. The number of nitrogens with one attached hydrogen (secondary N) is 1. The predicted molar refractivity (Wildman–Crippen MR) is 105 cm³/mol. The Bertz CT molecular complexity index is 776.